The Labute approximate surface area is 274 Å². The number of carbonyl (C=O) groups excluding carboxylic acids is 1. The van der Waals surface area contributed by atoms with E-state index in [2.05, 4.69) is 23.6 Å². The Morgan fingerprint density at radius 1 is 0.978 bits per heavy atom. The molecule has 4 heterocycles. The van der Waals surface area contributed by atoms with Crippen molar-refractivity contribution in [1.82, 2.24) is 19.8 Å². The average molecular weight is 646 g/mol. The maximum absolute atomic E-state index is 13.6. The number of nitrogens with zero attached hydrogens (tertiary/aromatic N) is 4. The van der Waals surface area contributed by atoms with Gasteiger partial charge < -0.3 is 9.84 Å². The molecule has 0 aliphatic carbocycles. The number of aromatic nitrogens is 2. The van der Waals surface area contributed by atoms with E-state index >= 15 is 0 Å². The highest BCUT2D eigenvalue weighted by Gasteiger charge is 2.26. The van der Waals surface area contributed by atoms with E-state index in [0.29, 0.717) is 46.9 Å². The van der Waals surface area contributed by atoms with Crippen molar-refractivity contribution >= 4 is 29.0 Å². The number of ketones is 1. The Hall–Kier alpha value is -3.33. The Kier molecular flexibility index (Phi) is 9.54. The number of pyridine rings is 2. The number of aliphatic hydroxyl groups excluding tert-OH is 1. The van der Waals surface area contributed by atoms with Crippen LogP contribution in [0.5, 0.6) is 5.88 Å². The van der Waals surface area contributed by atoms with Crippen LogP contribution in [-0.4, -0.2) is 70.1 Å². The highest BCUT2D eigenvalue weighted by atomic mass is 35.5. The lowest BCUT2D eigenvalue weighted by atomic mass is 9.95. The molecule has 1 saturated heterocycles. The van der Waals surface area contributed by atoms with E-state index in [1.807, 2.05) is 54.6 Å². The summed E-state index contributed by atoms with van der Waals surface area (Å²) in [6, 6.07) is 17.3. The number of hydrogen-bond donors (Lipinski definition) is 1. The predicted octanol–water partition coefficient (Wildman–Crippen LogP) is 6.80. The Balaban J connectivity index is 1.25. The van der Waals surface area contributed by atoms with Gasteiger partial charge in [-0.25, -0.2) is 9.97 Å². The van der Waals surface area contributed by atoms with Gasteiger partial charge >= 0.3 is 0 Å². The SMILES string of the molecule is CCCN1CCc2c(C)cc(C(=O)Cc3cccc(-c4cccc(-c5ccc(CN6CC(O)C6)c(OC)n5)c4Cl)c3Cl)nc2C1. The van der Waals surface area contributed by atoms with E-state index in [1.54, 1.807) is 7.11 Å². The summed E-state index contributed by atoms with van der Waals surface area (Å²) in [6.07, 6.45) is 1.93. The smallest absolute Gasteiger partial charge is 0.218 e. The lowest BCUT2D eigenvalue weighted by Crippen LogP contribution is -2.49. The molecule has 9 heteroatoms. The Morgan fingerprint density at radius 3 is 2.44 bits per heavy atom. The normalized spacial score (nSPS) is 15.5. The summed E-state index contributed by atoms with van der Waals surface area (Å²) in [5.74, 6) is 0.467. The predicted molar refractivity (Wildman–Crippen MR) is 179 cm³/mol. The second-order valence-corrected chi connectivity index (χ2v) is 12.8. The molecule has 2 aromatic carbocycles. The van der Waals surface area contributed by atoms with Gasteiger partial charge in [0.1, 0.15) is 5.69 Å². The maximum Gasteiger partial charge on any atom is 0.218 e. The molecule has 0 atom stereocenters. The molecule has 2 aliphatic rings. The van der Waals surface area contributed by atoms with Crippen LogP contribution in [0.1, 0.15) is 51.8 Å². The quantitative estimate of drug-likeness (QED) is 0.190. The molecule has 0 saturated carbocycles. The standard InChI is InChI=1S/C36H38Cl2N4O3/c1-4-14-41-15-13-26-22(2)16-31(39-32(26)21-41)33(44)17-23-7-5-8-27(34(23)37)28-9-6-10-29(35(28)38)30-12-11-24(36(40-30)45-3)18-42-19-25(43)20-42/h5-12,16,25,43H,4,13-15,17-21H2,1-3H3. The molecule has 1 fully saturated rings. The molecule has 0 spiro atoms. The minimum atomic E-state index is -0.269. The third-order valence-corrected chi connectivity index (χ3v) is 9.62. The summed E-state index contributed by atoms with van der Waals surface area (Å²) < 4.78 is 5.62. The summed E-state index contributed by atoms with van der Waals surface area (Å²) in [5.41, 5.74) is 8.51. The van der Waals surface area contributed by atoms with Crippen LogP contribution in [-0.2, 0) is 25.9 Å². The number of likely N-dealkylation sites (tertiary alicyclic amines) is 1. The highest BCUT2D eigenvalue weighted by molar-refractivity contribution is 6.38. The van der Waals surface area contributed by atoms with Crippen LogP contribution in [0.2, 0.25) is 10.0 Å². The lowest BCUT2D eigenvalue weighted by molar-refractivity contribution is -0.00330. The zero-order valence-electron chi connectivity index (χ0n) is 25.9. The molecule has 2 aliphatic heterocycles. The third kappa shape index (κ3) is 6.64. The fourth-order valence-corrected chi connectivity index (χ4v) is 7.02. The second-order valence-electron chi connectivity index (χ2n) is 12.0. The molecule has 234 valence electrons. The number of carbonyl (C=O) groups is 1. The van der Waals surface area contributed by atoms with Crippen molar-refractivity contribution in [3.05, 3.63) is 98.3 Å². The Bertz CT molecular complexity index is 1740. The minimum absolute atomic E-state index is 0.0588. The highest BCUT2D eigenvalue weighted by Crippen LogP contribution is 2.40. The molecule has 0 bridgehead atoms. The van der Waals surface area contributed by atoms with Gasteiger partial charge in [-0.15, -0.1) is 0 Å². The summed E-state index contributed by atoms with van der Waals surface area (Å²) in [5, 5.41) is 10.6. The second kappa shape index (κ2) is 13.6. The molecule has 1 N–H and O–H groups in total. The topological polar surface area (TPSA) is 78.8 Å². The van der Waals surface area contributed by atoms with Crippen molar-refractivity contribution in [2.45, 2.75) is 52.3 Å². The largest absolute Gasteiger partial charge is 0.481 e. The summed E-state index contributed by atoms with van der Waals surface area (Å²) >= 11 is 14.0. The number of Topliss-reactive ketones (excluding diaryl/α,β-unsaturated/α-hetero) is 1. The molecule has 0 radical (unpaired) electrons. The molecular formula is C36H38Cl2N4O3. The van der Waals surface area contributed by atoms with Gasteiger partial charge in [0.15, 0.2) is 5.78 Å². The van der Waals surface area contributed by atoms with Crippen LogP contribution in [0.25, 0.3) is 22.4 Å². The van der Waals surface area contributed by atoms with Crippen molar-refractivity contribution < 1.29 is 14.6 Å². The number of fused-ring (bicyclic) bond motifs is 1. The van der Waals surface area contributed by atoms with Crippen LogP contribution in [0, 0.1) is 6.92 Å². The number of aryl methyl sites for hydroxylation is 1. The number of rotatable bonds is 10. The maximum atomic E-state index is 13.6. The van der Waals surface area contributed by atoms with E-state index in [9.17, 15) is 9.90 Å². The fourth-order valence-electron chi connectivity index (χ4n) is 6.40. The van der Waals surface area contributed by atoms with Crippen LogP contribution in [0.3, 0.4) is 0 Å². The van der Waals surface area contributed by atoms with Crippen molar-refractivity contribution in [1.29, 1.82) is 0 Å². The van der Waals surface area contributed by atoms with Gasteiger partial charge in [-0.2, -0.15) is 0 Å². The van der Waals surface area contributed by atoms with Gasteiger partial charge in [0.2, 0.25) is 5.88 Å². The van der Waals surface area contributed by atoms with Crippen LogP contribution in [0.4, 0.5) is 0 Å². The number of ether oxygens (including phenoxy) is 1. The number of hydrogen-bond acceptors (Lipinski definition) is 7. The molecule has 4 aromatic rings. The van der Waals surface area contributed by atoms with Gasteiger partial charge in [0, 0.05) is 61.4 Å². The average Bonchev–Trinajstić information content (AvgIpc) is 3.02. The molecular weight excluding hydrogens is 607 g/mol. The molecule has 2 aromatic heterocycles. The molecule has 0 unspecified atom stereocenters. The summed E-state index contributed by atoms with van der Waals surface area (Å²) in [6.45, 7) is 9.04. The van der Waals surface area contributed by atoms with Gasteiger partial charge in [-0.3, -0.25) is 14.6 Å². The zero-order chi connectivity index (χ0) is 31.7. The first kappa shape index (κ1) is 31.6. The monoisotopic (exact) mass is 644 g/mol. The van der Waals surface area contributed by atoms with Crippen LogP contribution >= 0.6 is 23.2 Å². The number of halogens is 2. The van der Waals surface area contributed by atoms with Crippen LogP contribution in [0.15, 0.2) is 54.6 Å². The zero-order valence-corrected chi connectivity index (χ0v) is 27.5. The van der Waals surface area contributed by atoms with Crippen molar-refractivity contribution in [3.8, 4) is 28.3 Å². The minimum Gasteiger partial charge on any atom is -0.481 e. The van der Waals surface area contributed by atoms with Crippen molar-refractivity contribution in [2.24, 2.45) is 0 Å². The first-order valence-electron chi connectivity index (χ1n) is 15.5. The number of β-amino-alcohol motifs (C(OH)–C–C–N with tert-alkyl or cyclic N) is 1. The van der Waals surface area contributed by atoms with Gasteiger partial charge in [0.05, 0.1) is 34.6 Å². The Morgan fingerprint density at radius 2 is 1.71 bits per heavy atom. The van der Waals surface area contributed by atoms with Crippen molar-refractivity contribution in [3.63, 3.8) is 0 Å². The van der Waals surface area contributed by atoms with E-state index in [4.69, 9.17) is 37.9 Å². The number of aliphatic hydroxyl groups is 1. The lowest BCUT2D eigenvalue weighted by Gasteiger charge is -2.35. The third-order valence-electron chi connectivity index (χ3n) is 8.77. The first-order valence-corrected chi connectivity index (χ1v) is 16.3. The molecule has 45 heavy (non-hydrogen) atoms. The van der Waals surface area contributed by atoms with Crippen molar-refractivity contribution in [2.75, 3.05) is 33.3 Å². The van der Waals surface area contributed by atoms with Gasteiger partial charge in [-0.1, -0.05) is 72.6 Å². The van der Waals surface area contributed by atoms with Crippen LogP contribution < -0.4 is 4.74 Å². The fraction of sp³-hybridized carbons (Fsp3) is 0.361. The van der Waals surface area contributed by atoms with Gasteiger partial charge in [-0.05, 0) is 55.1 Å². The summed E-state index contributed by atoms with van der Waals surface area (Å²) in [7, 11) is 1.60. The van der Waals surface area contributed by atoms with E-state index < -0.39 is 0 Å². The van der Waals surface area contributed by atoms with E-state index in [0.717, 1.165) is 71.6 Å². The first-order chi connectivity index (χ1) is 21.7. The van der Waals surface area contributed by atoms with Gasteiger partial charge in [0.25, 0.3) is 0 Å². The number of methoxy groups -OCH3 is 1. The molecule has 6 rings (SSSR count). The van der Waals surface area contributed by atoms with E-state index in [1.165, 1.54) is 5.56 Å². The van der Waals surface area contributed by atoms with E-state index in [-0.39, 0.29) is 18.3 Å². The molecule has 0 amide bonds. The molecule has 7 nitrogen and oxygen atoms in total. The summed E-state index contributed by atoms with van der Waals surface area (Å²) in [4.78, 5) is 27.7. The number of benzene rings is 2.